The van der Waals surface area contributed by atoms with Crippen LogP contribution in [0.5, 0.6) is 0 Å². The molecule has 1 aliphatic carbocycles. The number of para-hydroxylation sites is 1. The lowest BCUT2D eigenvalue weighted by Gasteiger charge is -2.06. The first kappa shape index (κ1) is 16.9. The fourth-order valence-electron chi connectivity index (χ4n) is 2.65. The number of benzene rings is 1. The van der Waals surface area contributed by atoms with Gasteiger partial charge in [0.05, 0.1) is 29.2 Å². The van der Waals surface area contributed by atoms with Crippen LogP contribution in [0.1, 0.15) is 34.6 Å². The van der Waals surface area contributed by atoms with Gasteiger partial charge in [0, 0.05) is 6.04 Å². The van der Waals surface area contributed by atoms with Gasteiger partial charge >= 0.3 is 0 Å². The molecule has 130 valence electrons. The molecule has 1 saturated carbocycles. The molecule has 1 aliphatic rings. The summed E-state index contributed by atoms with van der Waals surface area (Å²) >= 11 is 0. The molecule has 0 bridgehead atoms. The van der Waals surface area contributed by atoms with E-state index in [2.05, 4.69) is 15.7 Å². The molecule has 0 spiro atoms. The van der Waals surface area contributed by atoms with E-state index in [9.17, 15) is 14.4 Å². The van der Waals surface area contributed by atoms with E-state index < -0.39 is 11.7 Å². The lowest BCUT2D eigenvalue weighted by molar-refractivity contribution is -0.124. The van der Waals surface area contributed by atoms with Crippen molar-refractivity contribution in [2.24, 2.45) is 0 Å². The Hall–Kier alpha value is -2.96. The first-order valence-corrected chi connectivity index (χ1v) is 8.21. The Bertz CT molecular complexity index is 822. The maximum Gasteiger partial charge on any atom is 0.292 e. The third-order valence-corrected chi connectivity index (χ3v) is 4.08. The zero-order valence-electron chi connectivity index (χ0n) is 14.2. The molecular weight excluding hydrogens is 320 g/mol. The predicted octanol–water partition coefficient (Wildman–Crippen LogP) is 1.07. The number of aryl methyl sites for hydroxylation is 1. The van der Waals surface area contributed by atoms with Gasteiger partial charge in [-0.05, 0) is 38.8 Å². The van der Waals surface area contributed by atoms with Crippen molar-refractivity contribution in [2.45, 2.75) is 32.7 Å². The zero-order chi connectivity index (χ0) is 18.0. The molecule has 0 radical (unpaired) electrons. The van der Waals surface area contributed by atoms with Crippen LogP contribution in [0.3, 0.4) is 0 Å². The lowest BCUT2D eigenvalue weighted by Crippen LogP contribution is -2.40. The number of ketones is 1. The van der Waals surface area contributed by atoms with Gasteiger partial charge in [-0.3, -0.25) is 14.4 Å². The van der Waals surface area contributed by atoms with Crippen LogP contribution in [0.2, 0.25) is 0 Å². The normalized spacial score (nSPS) is 13.4. The summed E-state index contributed by atoms with van der Waals surface area (Å²) in [7, 11) is 0. The third-order valence-electron chi connectivity index (χ3n) is 4.08. The van der Waals surface area contributed by atoms with E-state index in [-0.39, 0.29) is 24.1 Å². The highest BCUT2D eigenvalue weighted by Crippen LogP contribution is 2.19. The van der Waals surface area contributed by atoms with E-state index in [1.807, 2.05) is 30.3 Å². The van der Waals surface area contributed by atoms with Crippen LogP contribution in [0, 0.1) is 13.8 Å². The van der Waals surface area contributed by atoms with Gasteiger partial charge in [-0.25, -0.2) is 4.68 Å². The molecule has 7 heteroatoms. The molecule has 2 N–H and O–H groups in total. The standard InChI is InChI=1S/C18H20N4O3/c1-11-16(12(2)22(21-11)14-6-4-3-5-7-14)17(24)18(25)19-10-15(23)20-13-8-9-13/h3-7,13H,8-10H2,1-2H3,(H,19,25)(H,20,23). The molecular formula is C18H20N4O3. The van der Waals surface area contributed by atoms with Crippen molar-refractivity contribution in [2.75, 3.05) is 6.54 Å². The molecule has 0 atom stereocenters. The Balaban J connectivity index is 1.72. The maximum absolute atomic E-state index is 12.5. The van der Waals surface area contributed by atoms with Crippen molar-refractivity contribution < 1.29 is 14.4 Å². The molecule has 2 amide bonds. The molecule has 0 unspecified atom stereocenters. The van der Waals surface area contributed by atoms with Gasteiger partial charge in [0.25, 0.3) is 11.7 Å². The van der Waals surface area contributed by atoms with E-state index in [0.29, 0.717) is 11.4 Å². The minimum atomic E-state index is -0.801. The number of aromatic nitrogens is 2. The summed E-state index contributed by atoms with van der Waals surface area (Å²) in [6.45, 7) is 3.23. The Morgan fingerprint density at radius 1 is 1.16 bits per heavy atom. The van der Waals surface area contributed by atoms with E-state index in [1.165, 1.54) is 0 Å². The van der Waals surface area contributed by atoms with E-state index >= 15 is 0 Å². The second-order valence-corrected chi connectivity index (χ2v) is 6.15. The Labute approximate surface area is 145 Å². The smallest absolute Gasteiger partial charge is 0.292 e. The summed E-state index contributed by atoms with van der Waals surface area (Å²) in [5.41, 5.74) is 2.14. The number of nitrogens with zero attached hydrogens (tertiary/aromatic N) is 2. The van der Waals surface area contributed by atoms with Crippen LogP contribution < -0.4 is 10.6 Å². The van der Waals surface area contributed by atoms with Gasteiger partial charge in [0.15, 0.2) is 0 Å². The number of carbonyl (C=O) groups excluding carboxylic acids is 3. The summed E-state index contributed by atoms with van der Waals surface area (Å²) in [6, 6.07) is 9.60. The molecule has 7 nitrogen and oxygen atoms in total. The molecule has 1 aromatic carbocycles. The first-order valence-electron chi connectivity index (χ1n) is 8.21. The number of hydrogen-bond donors (Lipinski definition) is 2. The average Bonchev–Trinajstić information content (AvgIpc) is 3.36. The average molecular weight is 340 g/mol. The molecule has 3 rings (SSSR count). The number of carbonyl (C=O) groups is 3. The second kappa shape index (κ2) is 6.88. The summed E-state index contributed by atoms with van der Waals surface area (Å²) < 4.78 is 1.63. The Morgan fingerprint density at radius 3 is 2.48 bits per heavy atom. The van der Waals surface area contributed by atoms with Crippen molar-refractivity contribution in [1.29, 1.82) is 0 Å². The van der Waals surface area contributed by atoms with E-state index in [4.69, 9.17) is 0 Å². The van der Waals surface area contributed by atoms with E-state index in [0.717, 1.165) is 18.5 Å². The highest BCUT2D eigenvalue weighted by atomic mass is 16.2. The zero-order valence-corrected chi connectivity index (χ0v) is 14.2. The van der Waals surface area contributed by atoms with Crippen LogP contribution in [-0.2, 0) is 9.59 Å². The van der Waals surface area contributed by atoms with Gasteiger partial charge in [0.2, 0.25) is 5.91 Å². The number of nitrogens with one attached hydrogen (secondary N) is 2. The van der Waals surface area contributed by atoms with Crippen molar-refractivity contribution in [3.8, 4) is 5.69 Å². The van der Waals surface area contributed by atoms with Crippen LogP contribution in [-0.4, -0.2) is 40.0 Å². The Morgan fingerprint density at radius 2 is 1.84 bits per heavy atom. The molecule has 25 heavy (non-hydrogen) atoms. The number of hydrogen-bond acceptors (Lipinski definition) is 4. The summed E-state index contributed by atoms with van der Waals surface area (Å²) in [5.74, 6) is -1.77. The molecule has 1 fully saturated rings. The van der Waals surface area contributed by atoms with Crippen LogP contribution in [0.15, 0.2) is 30.3 Å². The van der Waals surface area contributed by atoms with Crippen molar-refractivity contribution >= 4 is 17.6 Å². The van der Waals surface area contributed by atoms with Crippen molar-refractivity contribution in [1.82, 2.24) is 20.4 Å². The van der Waals surface area contributed by atoms with Crippen LogP contribution >= 0.6 is 0 Å². The minimum Gasteiger partial charge on any atom is -0.352 e. The number of amides is 2. The minimum absolute atomic E-state index is 0.202. The van der Waals surface area contributed by atoms with Gasteiger partial charge in [-0.1, -0.05) is 18.2 Å². The monoisotopic (exact) mass is 340 g/mol. The van der Waals surface area contributed by atoms with Gasteiger partial charge in [-0.15, -0.1) is 0 Å². The van der Waals surface area contributed by atoms with Crippen molar-refractivity contribution in [3.63, 3.8) is 0 Å². The summed E-state index contributed by atoms with van der Waals surface area (Å²) in [5, 5.41) is 9.50. The summed E-state index contributed by atoms with van der Waals surface area (Å²) in [4.78, 5) is 36.2. The van der Waals surface area contributed by atoms with Gasteiger partial charge < -0.3 is 10.6 Å². The predicted molar refractivity (Wildman–Crippen MR) is 91.5 cm³/mol. The maximum atomic E-state index is 12.5. The topological polar surface area (TPSA) is 93.1 Å². The molecule has 1 aromatic heterocycles. The second-order valence-electron chi connectivity index (χ2n) is 6.15. The number of rotatable bonds is 6. The Kier molecular flexibility index (Phi) is 4.65. The summed E-state index contributed by atoms with van der Waals surface area (Å²) in [6.07, 6.45) is 1.94. The van der Waals surface area contributed by atoms with Crippen LogP contribution in [0.25, 0.3) is 5.69 Å². The molecule has 2 aromatic rings. The third kappa shape index (κ3) is 3.76. The SMILES string of the molecule is Cc1nn(-c2ccccc2)c(C)c1C(=O)C(=O)NCC(=O)NC1CC1. The molecule has 0 saturated heterocycles. The lowest BCUT2D eigenvalue weighted by atomic mass is 10.1. The number of Topliss-reactive ketones (excluding diaryl/α,β-unsaturated/α-hetero) is 1. The fraction of sp³-hybridized carbons (Fsp3) is 0.333. The molecule has 1 heterocycles. The quantitative estimate of drug-likeness (QED) is 0.607. The van der Waals surface area contributed by atoms with Crippen molar-refractivity contribution in [3.05, 3.63) is 47.3 Å². The fourth-order valence-corrected chi connectivity index (χ4v) is 2.65. The molecule has 0 aliphatic heterocycles. The van der Waals surface area contributed by atoms with Gasteiger partial charge in [-0.2, -0.15) is 5.10 Å². The van der Waals surface area contributed by atoms with Gasteiger partial charge in [0.1, 0.15) is 0 Å². The largest absolute Gasteiger partial charge is 0.352 e. The van der Waals surface area contributed by atoms with E-state index in [1.54, 1.807) is 18.5 Å². The van der Waals surface area contributed by atoms with Crippen LogP contribution in [0.4, 0.5) is 0 Å². The highest BCUT2D eigenvalue weighted by molar-refractivity contribution is 6.43. The first-order chi connectivity index (χ1) is 12.0. The highest BCUT2D eigenvalue weighted by Gasteiger charge is 2.26.